The van der Waals surface area contributed by atoms with E-state index in [1.807, 2.05) is 0 Å². The molecule has 1 N–H and O–H groups in total. The minimum absolute atomic E-state index is 0.175. The Morgan fingerprint density at radius 3 is 3.00 bits per heavy atom. The maximum absolute atomic E-state index is 12.9. The lowest BCUT2D eigenvalue weighted by Gasteiger charge is -2.03. The van der Waals surface area contributed by atoms with Crippen LogP contribution < -0.4 is 5.32 Å². The van der Waals surface area contributed by atoms with Crippen LogP contribution in [0.25, 0.3) is 10.2 Å². The molecule has 0 aliphatic rings. The summed E-state index contributed by atoms with van der Waals surface area (Å²) in [7, 11) is 0. The molecule has 0 atom stereocenters. The quantitative estimate of drug-likeness (QED) is 0.823. The highest BCUT2D eigenvalue weighted by molar-refractivity contribution is 7.22. The maximum atomic E-state index is 12.9. The Hall–Kier alpha value is -1.34. The first-order chi connectivity index (χ1) is 8.65. The zero-order valence-electron chi connectivity index (χ0n) is 9.33. The van der Waals surface area contributed by atoms with Gasteiger partial charge >= 0.3 is 0 Å². The smallest absolute Gasteiger partial charge is 0.261 e. The van der Waals surface area contributed by atoms with Gasteiger partial charge in [0.2, 0.25) is 0 Å². The van der Waals surface area contributed by atoms with Gasteiger partial charge in [-0.15, -0.1) is 0 Å². The summed E-state index contributed by atoms with van der Waals surface area (Å²) >= 11 is 1.38. The second-order valence-electron chi connectivity index (χ2n) is 3.52. The SMILES string of the molecule is Fc1ccc2sc(NCCOCC(F)F)nc2c1. The van der Waals surface area contributed by atoms with Gasteiger partial charge in [-0.05, 0) is 12.1 Å². The van der Waals surface area contributed by atoms with Crippen LogP contribution in [0.1, 0.15) is 0 Å². The summed E-state index contributed by atoms with van der Waals surface area (Å²) in [4.78, 5) is 4.17. The third-order valence-electron chi connectivity index (χ3n) is 2.12. The number of hydrogen-bond donors (Lipinski definition) is 1. The zero-order valence-corrected chi connectivity index (χ0v) is 10.1. The van der Waals surface area contributed by atoms with Crippen LogP contribution in [-0.2, 0) is 4.74 Å². The minimum Gasteiger partial charge on any atom is -0.374 e. The highest BCUT2D eigenvalue weighted by Gasteiger charge is 2.05. The molecule has 18 heavy (non-hydrogen) atoms. The second kappa shape index (κ2) is 6.01. The summed E-state index contributed by atoms with van der Waals surface area (Å²) in [5.74, 6) is -0.334. The Bertz CT molecular complexity index is 518. The highest BCUT2D eigenvalue weighted by Crippen LogP contribution is 2.25. The molecule has 0 saturated carbocycles. The molecule has 0 bridgehead atoms. The van der Waals surface area contributed by atoms with Crippen molar-refractivity contribution in [2.45, 2.75) is 6.43 Å². The molecular weight excluding hydrogens is 265 g/mol. The molecule has 1 heterocycles. The van der Waals surface area contributed by atoms with Gasteiger partial charge in [-0.25, -0.2) is 18.2 Å². The predicted molar refractivity (Wildman–Crippen MR) is 64.9 cm³/mol. The molecule has 0 aliphatic carbocycles. The van der Waals surface area contributed by atoms with E-state index in [0.29, 0.717) is 17.2 Å². The number of ether oxygens (including phenoxy) is 1. The molecule has 98 valence electrons. The van der Waals surface area contributed by atoms with Crippen molar-refractivity contribution in [1.82, 2.24) is 4.98 Å². The van der Waals surface area contributed by atoms with Gasteiger partial charge in [0.15, 0.2) is 5.13 Å². The lowest BCUT2D eigenvalue weighted by molar-refractivity contribution is 0.0215. The number of rotatable bonds is 6. The number of alkyl halides is 2. The fourth-order valence-corrected chi connectivity index (χ4v) is 2.25. The van der Waals surface area contributed by atoms with Gasteiger partial charge in [0.25, 0.3) is 6.43 Å². The lowest BCUT2D eigenvalue weighted by atomic mass is 10.3. The number of nitrogens with zero attached hydrogens (tertiary/aromatic N) is 1. The van der Waals surface area contributed by atoms with E-state index in [1.165, 1.54) is 23.5 Å². The minimum atomic E-state index is -2.45. The number of halogens is 3. The van der Waals surface area contributed by atoms with Crippen molar-refractivity contribution in [3.05, 3.63) is 24.0 Å². The number of anilines is 1. The second-order valence-corrected chi connectivity index (χ2v) is 4.55. The van der Waals surface area contributed by atoms with Gasteiger partial charge in [-0.1, -0.05) is 11.3 Å². The Kier molecular flexibility index (Phi) is 4.38. The molecule has 0 amide bonds. The summed E-state index contributed by atoms with van der Waals surface area (Å²) in [5.41, 5.74) is 0.580. The van der Waals surface area contributed by atoms with Gasteiger partial charge in [-0.2, -0.15) is 0 Å². The van der Waals surface area contributed by atoms with E-state index in [2.05, 4.69) is 10.3 Å². The molecule has 7 heteroatoms. The summed E-state index contributed by atoms with van der Waals surface area (Å²) in [6.07, 6.45) is -2.45. The third kappa shape index (κ3) is 3.58. The molecule has 0 fully saturated rings. The molecule has 0 aliphatic heterocycles. The van der Waals surface area contributed by atoms with Crippen molar-refractivity contribution >= 4 is 26.7 Å². The number of thiazole rings is 1. The molecular formula is C11H11F3N2OS. The van der Waals surface area contributed by atoms with Crippen LogP contribution in [0.3, 0.4) is 0 Å². The molecule has 1 aromatic carbocycles. The van der Waals surface area contributed by atoms with Crippen molar-refractivity contribution in [2.75, 3.05) is 25.1 Å². The number of hydrogen-bond acceptors (Lipinski definition) is 4. The zero-order chi connectivity index (χ0) is 13.0. The van der Waals surface area contributed by atoms with E-state index in [4.69, 9.17) is 4.74 Å². The molecule has 2 aromatic rings. The van der Waals surface area contributed by atoms with Gasteiger partial charge in [0.1, 0.15) is 12.4 Å². The molecule has 0 unspecified atom stereocenters. The largest absolute Gasteiger partial charge is 0.374 e. The Balaban J connectivity index is 1.84. The van der Waals surface area contributed by atoms with E-state index in [1.54, 1.807) is 6.07 Å². The van der Waals surface area contributed by atoms with Crippen molar-refractivity contribution in [1.29, 1.82) is 0 Å². The Morgan fingerprint density at radius 1 is 1.39 bits per heavy atom. The number of aromatic nitrogens is 1. The molecule has 2 rings (SSSR count). The average Bonchev–Trinajstić information content (AvgIpc) is 2.70. The summed E-state index contributed by atoms with van der Waals surface area (Å²) < 4.78 is 42.1. The lowest BCUT2D eigenvalue weighted by Crippen LogP contribution is -2.12. The van der Waals surface area contributed by atoms with Crippen LogP contribution in [0.2, 0.25) is 0 Å². The number of fused-ring (bicyclic) bond motifs is 1. The summed E-state index contributed by atoms with van der Waals surface area (Å²) in [6, 6.07) is 4.38. The molecule has 0 saturated heterocycles. The number of benzene rings is 1. The van der Waals surface area contributed by atoms with E-state index in [-0.39, 0.29) is 12.4 Å². The Morgan fingerprint density at radius 2 is 2.22 bits per heavy atom. The first-order valence-electron chi connectivity index (χ1n) is 5.31. The highest BCUT2D eigenvalue weighted by atomic mass is 32.1. The van der Waals surface area contributed by atoms with E-state index < -0.39 is 13.0 Å². The topological polar surface area (TPSA) is 34.1 Å². The summed E-state index contributed by atoms with van der Waals surface area (Å²) in [6.45, 7) is -0.00359. The van der Waals surface area contributed by atoms with E-state index in [9.17, 15) is 13.2 Å². The Labute approximate surface area is 106 Å². The fraction of sp³-hybridized carbons (Fsp3) is 0.364. The van der Waals surface area contributed by atoms with Gasteiger partial charge in [-0.3, -0.25) is 0 Å². The normalized spacial score (nSPS) is 11.3. The van der Waals surface area contributed by atoms with Crippen LogP contribution in [0.4, 0.5) is 18.3 Å². The van der Waals surface area contributed by atoms with Gasteiger partial charge in [0, 0.05) is 12.6 Å². The van der Waals surface area contributed by atoms with Crippen molar-refractivity contribution in [2.24, 2.45) is 0 Å². The van der Waals surface area contributed by atoms with Crippen LogP contribution in [-0.4, -0.2) is 31.2 Å². The van der Waals surface area contributed by atoms with E-state index >= 15 is 0 Å². The molecule has 3 nitrogen and oxygen atoms in total. The van der Waals surface area contributed by atoms with Gasteiger partial charge < -0.3 is 10.1 Å². The number of nitrogens with one attached hydrogen (secondary N) is 1. The first-order valence-corrected chi connectivity index (χ1v) is 6.12. The molecule has 0 radical (unpaired) electrons. The van der Waals surface area contributed by atoms with Gasteiger partial charge in [0.05, 0.1) is 16.8 Å². The monoisotopic (exact) mass is 276 g/mol. The van der Waals surface area contributed by atoms with E-state index in [0.717, 1.165) is 4.70 Å². The summed E-state index contributed by atoms with van der Waals surface area (Å²) in [5, 5.41) is 3.56. The van der Waals surface area contributed by atoms with Crippen LogP contribution in [0.5, 0.6) is 0 Å². The molecule has 1 aromatic heterocycles. The fourth-order valence-electron chi connectivity index (χ4n) is 1.38. The van der Waals surface area contributed by atoms with Crippen LogP contribution >= 0.6 is 11.3 Å². The van der Waals surface area contributed by atoms with Crippen LogP contribution in [0.15, 0.2) is 18.2 Å². The van der Waals surface area contributed by atoms with Crippen LogP contribution in [0, 0.1) is 5.82 Å². The molecule has 0 spiro atoms. The maximum Gasteiger partial charge on any atom is 0.261 e. The van der Waals surface area contributed by atoms with Crippen molar-refractivity contribution < 1.29 is 17.9 Å². The first kappa shape index (κ1) is 13.1. The van der Waals surface area contributed by atoms with Crippen molar-refractivity contribution in [3.8, 4) is 0 Å². The predicted octanol–water partition coefficient (Wildman–Crippen LogP) is 3.13. The third-order valence-corrected chi connectivity index (χ3v) is 3.11. The average molecular weight is 276 g/mol. The van der Waals surface area contributed by atoms with Crippen molar-refractivity contribution in [3.63, 3.8) is 0 Å². The standard InChI is InChI=1S/C11H11F3N2OS/c12-7-1-2-9-8(5-7)16-11(18-9)15-3-4-17-6-10(13)14/h1-2,5,10H,3-4,6H2,(H,15,16).